The van der Waals surface area contributed by atoms with Crippen LogP contribution in [-0.2, 0) is 46.3 Å². The molecule has 2 bridgehead atoms. The topological polar surface area (TPSA) is 153 Å². The first-order chi connectivity index (χ1) is 31.0. The number of rotatable bonds is 17. The lowest BCUT2D eigenvalue weighted by Crippen LogP contribution is -2.67. The Morgan fingerprint density at radius 2 is 1.81 bits per heavy atom. The summed E-state index contributed by atoms with van der Waals surface area (Å²) >= 11 is 1.50. The lowest BCUT2D eigenvalue weighted by Gasteiger charge is -2.50. The van der Waals surface area contributed by atoms with Crippen LogP contribution in [0.1, 0.15) is 81.4 Å². The molecule has 5 fully saturated rings. The van der Waals surface area contributed by atoms with Gasteiger partial charge in [-0.2, -0.15) is 0 Å². The molecule has 2 amide bonds. The Hall–Kier alpha value is -4.73. The van der Waals surface area contributed by atoms with Crippen LogP contribution in [0.15, 0.2) is 35.8 Å². The second kappa shape index (κ2) is 20.2. The summed E-state index contributed by atoms with van der Waals surface area (Å²) in [6, 6.07) is 7.45. The lowest BCUT2D eigenvalue weighted by molar-refractivity contribution is -0.153. The summed E-state index contributed by atoms with van der Waals surface area (Å²) in [6.07, 6.45) is 4.69. The quantitative estimate of drug-likeness (QED) is 0.109. The molecule has 15 nitrogen and oxygen atoms in total. The van der Waals surface area contributed by atoms with Crippen LogP contribution in [0, 0.1) is 23.2 Å². The smallest absolute Gasteiger partial charge is 0.293 e. The zero-order valence-corrected chi connectivity index (χ0v) is 38.7. The first-order valence-corrected chi connectivity index (χ1v) is 23.5. The van der Waals surface area contributed by atoms with Crippen LogP contribution in [0.3, 0.4) is 0 Å². The Bertz CT molecular complexity index is 2350. The first kappa shape index (κ1) is 45.8. The fraction of sp³-hybridized carbons (Fsp3) is 0.562. The van der Waals surface area contributed by atoms with Crippen molar-refractivity contribution in [2.45, 2.75) is 90.7 Å². The van der Waals surface area contributed by atoms with Gasteiger partial charge in [-0.25, -0.2) is 10.4 Å². The van der Waals surface area contributed by atoms with Crippen molar-refractivity contribution in [3.8, 4) is 34.4 Å². The highest BCUT2D eigenvalue weighted by atomic mass is 32.1. The van der Waals surface area contributed by atoms with Crippen molar-refractivity contribution in [2.24, 2.45) is 11.3 Å². The van der Waals surface area contributed by atoms with Gasteiger partial charge in [-0.15, -0.1) is 11.3 Å². The Balaban J connectivity index is 1.23. The number of carbonyl (C=O) groups is 3. The molecule has 9 rings (SSSR count). The zero-order chi connectivity index (χ0) is 45.0. The summed E-state index contributed by atoms with van der Waals surface area (Å²) < 4.78 is 25.0. The van der Waals surface area contributed by atoms with Crippen molar-refractivity contribution >= 4 is 41.0 Å². The van der Waals surface area contributed by atoms with Crippen molar-refractivity contribution in [3.63, 3.8) is 0 Å². The minimum atomic E-state index is -0.842. The van der Waals surface area contributed by atoms with E-state index in [2.05, 4.69) is 88.9 Å². The SMILES string of the molecule is CCn1c(-c2cc(C#C[C@@H](C)N3CCOCC3)cnc2[C@H](C)OC)c(CC(C)(C)COC=O)c2cc(-c3csc([C@H]([C@H](NC=O)C(=O)N4NCC5CC4C5)N4CCOCC4)n3)ccc21. The summed E-state index contributed by atoms with van der Waals surface area (Å²) in [7, 11) is 1.70. The van der Waals surface area contributed by atoms with Crippen LogP contribution in [0.5, 0.6) is 0 Å². The van der Waals surface area contributed by atoms with E-state index >= 15 is 0 Å². The number of pyridine rings is 1. The van der Waals surface area contributed by atoms with Crippen molar-refractivity contribution in [1.29, 1.82) is 0 Å². The van der Waals surface area contributed by atoms with E-state index in [1.807, 2.05) is 18.5 Å². The standard InChI is InChI=1S/C48H62N8O7S/c1-7-55-41-11-10-35(40-27-64-46(52-40)45(54-14-18-62-19-15-54)43(50-29-57)47(59)56-36-20-34(21-36)26-51-56)23-37(41)39(24-48(4,5)28-63-30-58)44(55)38-22-33(25-49-42(38)32(3)60-6)9-8-31(2)53-12-16-61-17-13-53/h10-11,22-23,25,27,29-32,34,36,43,45,51H,7,12-21,24,26,28H2,1-6H3,(H,50,57)/t31-,32+,34?,36?,43+,45+/m1/s1. The molecule has 0 radical (unpaired) electrons. The summed E-state index contributed by atoms with van der Waals surface area (Å²) in [5, 5.41) is 8.51. The van der Waals surface area contributed by atoms with Gasteiger partial charge in [0.2, 0.25) is 6.41 Å². The van der Waals surface area contributed by atoms with Gasteiger partial charge in [0.25, 0.3) is 12.4 Å². The number of methoxy groups -OCH3 is 1. The number of carbonyl (C=O) groups excluding carboxylic acids is 3. The van der Waals surface area contributed by atoms with Gasteiger partial charge in [-0.1, -0.05) is 31.8 Å². The molecule has 64 heavy (non-hydrogen) atoms. The van der Waals surface area contributed by atoms with Gasteiger partial charge in [0.05, 0.1) is 68.3 Å². The van der Waals surface area contributed by atoms with E-state index in [4.69, 9.17) is 28.9 Å². The lowest BCUT2D eigenvalue weighted by atomic mass is 9.78. The minimum Gasteiger partial charge on any atom is -0.467 e. The zero-order valence-electron chi connectivity index (χ0n) is 37.9. The fourth-order valence-electron chi connectivity index (χ4n) is 9.74. The number of thiazole rings is 1. The van der Waals surface area contributed by atoms with E-state index in [1.54, 1.807) is 12.1 Å². The third-order valence-corrected chi connectivity index (χ3v) is 14.2. The molecule has 4 aromatic rings. The normalized spacial score (nSPS) is 21.2. The number of hydrazine groups is 1. The molecule has 4 aliphatic heterocycles. The summed E-state index contributed by atoms with van der Waals surface area (Å²) in [5.41, 5.74) is 10.3. The molecular formula is C48H62N8O7S. The predicted molar refractivity (Wildman–Crippen MR) is 245 cm³/mol. The highest BCUT2D eigenvalue weighted by Gasteiger charge is 2.46. The van der Waals surface area contributed by atoms with Crippen molar-refractivity contribution in [1.82, 2.24) is 40.1 Å². The number of nitrogens with one attached hydrogen (secondary N) is 2. The maximum atomic E-state index is 14.3. The largest absolute Gasteiger partial charge is 0.467 e. The second-order valence-corrected chi connectivity index (χ2v) is 19.1. The van der Waals surface area contributed by atoms with Crippen LogP contribution < -0.4 is 10.7 Å². The molecule has 1 aromatic carbocycles. The molecule has 342 valence electrons. The highest BCUT2D eigenvalue weighted by Crippen LogP contribution is 2.43. The summed E-state index contributed by atoms with van der Waals surface area (Å²) in [5.74, 6) is 7.35. The molecule has 5 aliphatic rings. The van der Waals surface area contributed by atoms with Gasteiger partial charge in [-0.3, -0.25) is 34.2 Å². The number of morpholine rings is 2. The number of amides is 2. The summed E-state index contributed by atoms with van der Waals surface area (Å²) in [6.45, 7) is 18.0. The predicted octanol–water partition coefficient (Wildman–Crippen LogP) is 4.98. The van der Waals surface area contributed by atoms with E-state index in [9.17, 15) is 14.4 Å². The average molecular weight is 895 g/mol. The number of benzene rings is 1. The number of nitrogens with zero attached hydrogens (tertiary/aromatic N) is 6. The maximum Gasteiger partial charge on any atom is 0.293 e. The first-order valence-electron chi connectivity index (χ1n) is 22.6. The van der Waals surface area contributed by atoms with E-state index in [0.717, 1.165) is 87.7 Å². The molecule has 4 atom stereocenters. The Morgan fingerprint density at radius 1 is 1.08 bits per heavy atom. The third-order valence-electron chi connectivity index (χ3n) is 13.3. The van der Waals surface area contributed by atoms with Crippen molar-refractivity contribution in [3.05, 3.63) is 57.7 Å². The van der Waals surface area contributed by atoms with Crippen molar-refractivity contribution < 1.29 is 33.3 Å². The Morgan fingerprint density at radius 3 is 2.47 bits per heavy atom. The number of aryl methyl sites for hydroxylation is 1. The molecule has 0 spiro atoms. The Kier molecular flexibility index (Phi) is 14.5. The van der Waals surface area contributed by atoms with Gasteiger partial charge in [0.15, 0.2) is 0 Å². The van der Waals surface area contributed by atoms with Crippen molar-refractivity contribution in [2.75, 3.05) is 72.9 Å². The number of hydrogen-bond acceptors (Lipinski definition) is 13. The molecule has 0 unspecified atom stereocenters. The highest BCUT2D eigenvalue weighted by molar-refractivity contribution is 7.10. The molecule has 7 heterocycles. The average Bonchev–Trinajstić information content (AvgIpc) is 3.92. The van der Waals surface area contributed by atoms with E-state index < -0.39 is 17.5 Å². The Labute approximate surface area is 380 Å². The summed E-state index contributed by atoms with van der Waals surface area (Å²) in [4.78, 5) is 52.9. The number of hydrogen-bond donors (Lipinski definition) is 2. The molecule has 3 aromatic heterocycles. The maximum absolute atomic E-state index is 14.3. The van der Waals surface area contributed by atoms with E-state index in [1.165, 1.54) is 11.3 Å². The third kappa shape index (κ3) is 9.62. The van der Waals surface area contributed by atoms with E-state index in [-0.39, 0.29) is 30.7 Å². The van der Waals surface area contributed by atoms with Crippen LogP contribution >= 0.6 is 11.3 Å². The van der Waals surface area contributed by atoms with Crippen LogP contribution in [0.4, 0.5) is 0 Å². The molecular weight excluding hydrogens is 833 g/mol. The number of fused-ring (bicyclic) bond motifs is 3. The van der Waals surface area contributed by atoms with Gasteiger partial charge in [0.1, 0.15) is 11.0 Å². The van der Waals surface area contributed by atoms with Crippen LogP contribution in [0.2, 0.25) is 0 Å². The number of ether oxygens (including phenoxy) is 4. The molecule has 16 heteroatoms. The minimum absolute atomic E-state index is 0.0554. The van der Waals surface area contributed by atoms with E-state index in [0.29, 0.717) is 71.3 Å². The van der Waals surface area contributed by atoms with Gasteiger partial charge in [-0.05, 0) is 69.7 Å². The van der Waals surface area contributed by atoms with Crippen LogP contribution in [-0.4, -0.2) is 139 Å². The number of aromatic nitrogens is 3. The van der Waals surface area contributed by atoms with Gasteiger partial charge < -0.3 is 28.8 Å². The monoisotopic (exact) mass is 894 g/mol. The van der Waals surface area contributed by atoms with Crippen LogP contribution in [0.25, 0.3) is 33.4 Å². The molecule has 1 saturated carbocycles. The molecule has 2 N–H and O–H groups in total. The molecule has 4 saturated heterocycles. The fourth-order valence-corrected chi connectivity index (χ4v) is 10.7. The second-order valence-electron chi connectivity index (χ2n) is 18.2. The molecule has 1 aliphatic carbocycles. The van der Waals surface area contributed by atoms with Gasteiger partial charge >= 0.3 is 0 Å². The van der Waals surface area contributed by atoms with Gasteiger partial charge in [0, 0.05) is 97.0 Å².